The van der Waals surface area contributed by atoms with Crippen molar-refractivity contribution < 1.29 is 9.90 Å². The van der Waals surface area contributed by atoms with Gasteiger partial charge in [-0.3, -0.25) is 4.79 Å². The number of halogens is 1. The maximum atomic E-state index is 10.8. The standard InChI is InChI=1S/C21H17ClN2O2S/c22-17-11-19-18(23-21(24-19)27-12-20(25)26)10-16(17)15-8-6-14(7-9-15)13-4-2-1-3-5-13/h1-11,21,23-24H,12H2,(H,25,26). The second kappa shape index (κ2) is 7.55. The first-order valence-electron chi connectivity index (χ1n) is 8.46. The molecule has 3 aromatic carbocycles. The molecule has 0 saturated heterocycles. The molecule has 1 atom stereocenters. The second-order valence-corrected chi connectivity index (χ2v) is 7.70. The predicted molar refractivity (Wildman–Crippen MR) is 113 cm³/mol. The Kier molecular flexibility index (Phi) is 4.97. The van der Waals surface area contributed by atoms with E-state index in [2.05, 4.69) is 47.0 Å². The fourth-order valence-electron chi connectivity index (χ4n) is 3.06. The second-order valence-electron chi connectivity index (χ2n) is 6.19. The number of hydrogen-bond acceptors (Lipinski definition) is 4. The molecule has 3 aromatic rings. The van der Waals surface area contributed by atoms with Crippen LogP contribution in [0.4, 0.5) is 11.4 Å². The molecule has 0 fully saturated rings. The molecule has 0 radical (unpaired) electrons. The summed E-state index contributed by atoms with van der Waals surface area (Å²) in [6, 6.07) is 22.4. The first-order valence-corrected chi connectivity index (χ1v) is 9.89. The van der Waals surface area contributed by atoms with Crippen LogP contribution in [0.5, 0.6) is 0 Å². The van der Waals surface area contributed by atoms with Crippen LogP contribution < -0.4 is 10.6 Å². The third kappa shape index (κ3) is 3.89. The van der Waals surface area contributed by atoms with E-state index in [1.807, 2.05) is 30.3 Å². The van der Waals surface area contributed by atoms with Gasteiger partial charge in [0.15, 0.2) is 0 Å². The van der Waals surface area contributed by atoms with Crippen LogP contribution >= 0.6 is 23.4 Å². The number of aliphatic carboxylic acids is 1. The Hall–Kier alpha value is -2.63. The topological polar surface area (TPSA) is 61.4 Å². The number of carboxylic acids is 1. The zero-order valence-corrected chi connectivity index (χ0v) is 15.8. The third-order valence-electron chi connectivity index (χ3n) is 4.36. The van der Waals surface area contributed by atoms with Crippen molar-refractivity contribution in [3.63, 3.8) is 0 Å². The fraction of sp³-hybridized carbons (Fsp3) is 0.0952. The lowest BCUT2D eigenvalue weighted by molar-refractivity contribution is -0.133. The Morgan fingerprint density at radius 2 is 1.52 bits per heavy atom. The van der Waals surface area contributed by atoms with Crippen LogP contribution in [0.3, 0.4) is 0 Å². The maximum Gasteiger partial charge on any atom is 0.313 e. The summed E-state index contributed by atoms with van der Waals surface area (Å²) in [5, 5.41) is 16.0. The average molecular weight is 397 g/mol. The molecule has 136 valence electrons. The molecule has 0 spiro atoms. The Balaban J connectivity index is 1.57. The molecule has 27 heavy (non-hydrogen) atoms. The molecule has 0 amide bonds. The molecular weight excluding hydrogens is 380 g/mol. The van der Waals surface area contributed by atoms with Gasteiger partial charge in [0.05, 0.1) is 22.2 Å². The predicted octanol–water partition coefficient (Wildman–Crippen LogP) is 5.61. The quantitative estimate of drug-likeness (QED) is 0.523. The van der Waals surface area contributed by atoms with Crippen LogP contribution in [0.2, 0.25) is 5.02 Å². The van der Waals surface area contributed by atoms with Crippen molar-refractivity contribution in [2.75, 3.05) is 16.4 Å². The number of carbonyl (C=O) groups is 1. The van der Waals surface area contributed by atoms with E-state index in [0.717, 1.165) is 28.1 Å². The number of benzene rings is 3. The van der Waals surface area contributed by atoms with Crippen molar-refractivity contribution >= 4 is 40.7 Å². The van der Waals surface area contributed by atoms with Crippen LogP contribution in [0.1, 0.15) is 0 Å². The molecule has 1 aliphatic heterocycles. The lowest BCUT2D eigenvalue weighted by Gasteiger charge is -2.09. The van der Waals surface area contributed by atoms with Crippen molar-refractivity contribution in [1.82, 2.24) is 0 Å². The van der Waals surface area contributed by atoms with Gasteiger partial charge in [0.25, 0.3) is 0 Å². The highest BCUT2D eigenvalue weighted by molar-refractivity contribution is 8.00. The van der Waals surface area contributed by atoms with Gasteiger partial charge in [-0.15, -0.1) is 11.8 Å². The smallest absolute Gasteiger partial charge is 0.313 e. The van der Waals surface area contributed by atoms with Gasteiger partial charge in [0.1, 0.15) is 5.50 Å². The number of hydrogen-bond donors (Lipinski definition) is 3. The van der Waals surface area contributed by atoms with Crippen LogP contribution in [0.25, 0.3) is 22.3 Å². The van der Waals surface area contributed by atoms with E-state index in [0.29, 0.717) is 5.02 Å². The highest BCUT2D eigenvalue weighted by Gasteiger charge is 2.22. The van der Waals surface area contributed by atoms with E-state index in [1.165, 1.54) is 17.3 Å². The fourth-order valence-corrected chi connectivity index (χ4v) is 4.07. The van der Waals surface area contributed by atoms with Gasteiger partial charge in [0, 0.05) is 5.56 Å². The number of rotatable bonds is 5. The highest BCUT2D eigenvalue weighted by atomic mass is 35.5. The highest BCUT2D eigenvalue weighted by Crippen LogP contribution is 2.40. The normalized spacial score (nSPS) is 14.9. The van der Waals surface area contributed by atoms with E-state index in [9.17, 15) is 4.79 Å². The van der Waals surface area contributed by atoms with Gasteiger partial charge in [-0.25, -0.2) is 0 Å². The van der Waals surface area contributed by atoms with Crippen LogP contribution in [-0.4, -0.2) is 22.3 Å². The minimum atomic E-state index is -0.836. The zero-order chi connectivity index (χ0) is 18.8. The molecule has 0 aromatic heterocycles. The van der Waals surface area contributed by atoms with Crippen LogP contribution in [0.15, 0.2) is 66.7 Å². The van der Waals surface area contributed by atoms with Crippen molar-refractivity contribution in [3.05, 3.63) is 71.8 Å². The molecule has 1 unspecified atom stereocenters. The maximum absolute atomic E-state index is 10.8. The van der Waals surface area contributed by atoms with Crippen LogP contribution in [-0.2, 0) is 4.79 Å². The summed E-state index contributed by atoms with van der Waals surface area (Å²) in [5.41, 5.74) is 5.92. The Morgan fingerprint density at radius 3 is 2.19 bits per heavy atom. The molecule has 4 rings (SSSR count). The first kappa shape index (κ1) is 17.8. The van der Waals surface area contributed by atoms with E-state index < -0.39 is 5.97 Å². The van der Waals surface area contributed by atoms with Gasteiger partial charge in [-0.2, -0.15) is 0 Å². The summed E-state index contributed by atoms with van der Waals surface area (Å²) < 4.78 is 0. The average Bonchev–Trinajstić information content (AvgIpc) is 3.08. The molecule has 4 nitrogen and oxygen atoms in total. The summed E-state index contributed by atoms with van der Waals surface area (Å²) in [7, 11) is 0. The molecular formula is C21H17ClN2O2S. The molecule has 3 N–H and O–H groups in total. The minimum Gasteiger partial charge on any atom is -0.481 e. The Bertz CT molecular complexity index is 977. The van der Waals surface area contributed by atoms with Crippen LogP contribution in [0, 0.1) is 0 Å². The first-order chi connectivity index (χ1) is 13.1. The molecule has 1 heterocycles. The summed E-state index contributed by atoms with van der Waals surface area (Å²) in [5.74, 6) is -0.808. The number of thioether (sulfide) groups is 1. The van der Waals surface area contributed by atoms with Gasteiger partial charge >= 0.3 is 5.97 Å². The molecule has 0 bridgehead atoms. The van der Waals surface area contributed by atoms with E-state index in [4.69, 9.17) is 16.7 Å². The molecule has 0 saturated carbocycles. The van der Waals surface area contributed by atoms with Crippen molar-refractivity contribution in [1.29, 1.82) is 0 Å². The third-order valence-corrected chi connectivity index (χ3v) is 5.65. The monoisotopic (exact) mass is 396 g/mol. The van der Waals surface area contributed by atoms with Gasteiger partial charge in [-0.1, -0.05) is 66.2 Å². The Labute approximate surface area is 166 Å². The van der Waals surface area contributed by atoms with E-state index in [1.54, 1.807) is 0 Å². The van der Waals surface area contributed by atoms with Crippen molar-refractivity contribution in [2.24, 2.45) is 0 Å². The number of carboxylic acid groups (broad SMARTS) is 1. The molecule has 1 aliphatic rings. The number of fused-ring (bicyclic) bond motifs is 1. The summed E-state index contributed by atoms with van der Waals surface area (Å²) in [6.45, 7) is 0. The molecule has 6 heteroatoms. The van der Waals surface area contributed by atoms with Gasteiger partial charge < -0.3 is 15.7 Å². The lowest BCUT2D eigenvalue weighted by Crippen LogP contribution is -2.19. The zero-order valence-electron chi connectivity index (χ0n) is 14.3. The molecule has 0 aliphatic carbocycles. The number of nitrogens with one attached hydrogen (secondary N) is 2. The summed E-state index contributed by atoms with van der Waals surface area (Å²) in [6.07, 6.45) is 0. The SMILES string of the molecule is O=C(O)CSC1Nc2cc(Cl)c(-c3ccc(-c4ccccc4)cc3)cc2N1. The lowest BCUT2D eigenvalue weighted by atomic mass is 10.00. The van der Waals surface area contributed by atoms with E-state index in [-0.39, 0.29) is 11.3 Å². The van der Waals surface area contributed by atoms with Gasteiger partial charge in [-0.05, 0) is 28.8 Å². The Morgan fingerprint density at radius 1 is 0.926 bits per heavy atom. The van der Waals surface area contributed by atoms with Gasteiger partial charge in [0.2, 0.25) is 0 Å². The van der Waals surface area contributed by atoms with E-state index >= 15 is 0 Å². The largest absolute Gasteiger partial charge is 0.481 e. The minimum absolute atomic E-state index is 0.0280. The van der Waals surface area contributed by atoms with Crippen molar-refractivity contribution in [2.45, 2.75) is 5.50 Å². The number of anilines is 2. The summed E-state index contributed by atoms with van der Waals surface area (Å²) in [4.78, 5) is 10.8. The van der Waals surface area contributed by atoms with Crippen molar-refractivity contribution in [3.8, 4) is 22.3 Å². The summed E-state index contributed by atoms with van der Waals surface area (Å²) >= 11 is 7.80.